The number of aromatic nitrogens is 5. The average Bonchev–Trinajstić information content (AvgIpc) is 3.41. The normalized spacial score (nSPS) is 10.8. The van der Waals surface area contributed by atoms with E-state index in [0.717, 1.165) is 66.6 Å². The molecule has 0 radical (unpaired) electrons. The van der Waals surface area contributed by atoms with Crippen molar-refractivity contribution in [3.05, 3.63) is 150 Å². The van der Waals surface area contributed by atoms with E-state index in [0.29, 0.717) is 28.9 Å². The van der Waals surface area contributed by atoms with Crippen LogP contribution < -0.4 is 9.47 Å². The van der Waals surface area contributed by atoms with Crippen LogP contribution in [0, 0.1) is 52.0 Å². The second-order valence-corrected chi connectivity index (χ2v) is 12.0. The van der Waals surface area contributed by atoms with Crippen molar-refractivity contribution in [2.24, 2.45) is 0 Å². The maximum absolute atomic E-state index is 6.33. The van der Waals surface area contributed by atoms with Crippen LogP contribution in [0.2, 0.25) is 0 Å². The zero-order chi connectivity index (χ0) is 33.5. The zero-order valence-corrected chi connectivity index (χ0v) is 31.8. The Kier molecular flexibility index (Phi) is 10.6. The van der Waals surface area contributed by atoms with Gasteiger partial charge in [0.15, 0.2) is 0 Å². The van der Waals surface area contributed by atoms with Crippen molar-refractivity contribution in [2.75, 3.05) is 0 Å². The van der Waals surface area contributed by atoms with Gasteiger partial charge in [-0.2, -0.15) is 22.9 Å². The number of pyridine rings is 2. The number of ether oxygens (including phenoxy) is 2. The molecule has 0 saturated carbocycles. The molecule has 8 rings (SSSR count). The molecular weight excluding hydrogens is 908 g/mol. The molecule has 0 bridgehead atoms. The van der Waals surface area contributed by atoms with E-state index in [1.807, 2.05) is 91.5 Å². The molecule has 7 nitrogen and oxygen atoms in total. The maximum Gasteiger partial charge on any atom is 2.00 e. The third-order valence-corrected chi connectivity index (χ3v) is 8.20. The van der Waals surface area contributed by atoms with Crippen LogP contribution in [-0.2, 0) is 41.5 Å². The van der Waals surface area contributed by atoms with Crippen LogP contribution in [0.4, 0.5) is 0 Å². The molecule has 4 heterocycles. The van der Waals surface area contributed by atoms with E-state index in [9.17, 15) is 0 Å². The number of hydrogen-bond donors (Lipinski definition) is 0. The summed E-state index contributed by atoms with van der Waals surface area (Å²) in [7, 11) is 0. The van der Waals surface area contributed by atoms with Gasteiger partial charge in [0.1, 0.15) is 0 Å². The molecule has 0 aliphatic heterocycles. The second-order valence-electron chi connectivity index (χ2n) is 12.0. The van der Waals surface area contributed by atoms with Gasteiger partial charge in [0.2, 0.25) is 5.95 Å². The first-order chi connectivity index (χ1) is 23.9. The number of nitrogens with zero attached hydrogens (tertiary/aromatic N) is 5. The Hall–Kier alpha value is -4.99. The van der Waals surface area contributed by atoms with Crippen LogP contribution in [0.5, 0.6) is 23.0 Å². The summed E-state index contributed by atoms with van der Waals surface area (Å²) >= 11 is 0. The zero-order valence-electron chi connectivity index (χ0n) is 28.0. The molecule has 8 aromatic rings. The van der Waals surface area contributed by atoms with Crippen LogP contribution in [0.15, 0.2) is 104 Å². The SMILES string of the molecule is Cc1cnc(-c2[c-]c(Oc3[c-]c4c(cc3)c3ccc(Oc5[c-]c(-c6ncc(C)cc6C)ccc5)[c-]c3n4-c3ncccn3)ccc2)c(C)c1.[Pd+2].[Pt+2]. The Morgan fingerprint density at radius 1 is 0.529 bits per heavy atom. The van der Waals surface area contributed by atoms with Crippen molar-refractivity contribution in [3.8, 4) is 51.5 Å². The predicted octanol–water partition coefficient (Wildman–Crippen LogP) is 9.71. The van der Waals surface area contributed by atoms with Crippen molar-refractivity contribution in [1.29, 1.82) is 0 Å². The van der Waals surface area contributed by atoms with Gasteiger partial charge >= 0.3 is 41.5 Å². The summed E-state index contributed by atoms with van der Waals surface area (Å²) in [4.78, 5) is 18.4. The van der Waals surface area contributed by atoms with Crippen molar-refractivity contribution < 1.29 is 51.0 Å². The minimum Gasteiger partial charge on any atom is -0.503 e. The van der Waals surface area contributed by atoms with Crippen LogP contribution in [0.3, 0.4) is 0 Å². The summed E-state index contributed by atoms with van der Waals surface area (Å²) in [5.74, 6) is 2.65. The van der Waals surface area contributed by atoms with Crippen LogP contribution in [0.1, 0.15) is 22.3 Å². The quantitative estimate of drug-likeness (QED) is 0.117. The molecule has 0 unspecified atom stereocenters. The number of aryl methyl sites for hydroxylation is 4. The third kappa shape index (κ3) is 7.27. The van der Waals surface area contributed by atoms with E-state index in [-0.39, 0.29) is 41.5 Å². The van der Waals surface area contributed by atoms with Crippen molar-refractivity contribution >= 4 is 21.8 Å². The molecule has 9 heteroatoms. The van der Waals surface area contributed by atoms with E-state index in [1.54, 1.807) is 18.5 Å². The number of hydrogen-bond acceptors (Lipinski definition) is 6. The van der Waals surface area contributed by atoms with Gasteiger partial charge < -0.3 is 24.0 Å². The van der Waals surface area contributed by atoms with E-state index in [1.165, 1.54) is 0 Å². The van der Waals surface area contributed by atoms with Crippen LogP contribution in [0.25, 0.3) is 50.3 Å². The van der Waals surface area contributed by atoms with Gasteiger partial charge in [0, 0.05) is 47.8 Å². The minimum atomic E-state index is 0. The molecule has 0 fully saturated rings. The van der Waals surface area contributed by atoms with Gasteiger partial charge in [0.25, 0.3) is 0 Å². The largest absolute Gasteiger partial charge is 2.00 e. The fraction of sp³-hybridized carbons (Fsp3) is 0.0952. The van der Waals surface area contributed by atoms with E-state index < -0.39 is 0 Å². The fourth-order valence-electron chi connectivity index (χ4n) is 6.07. The molecule has 254 valence electrons. The number of benzene rings is 4. The molecule has 0 amide bonds. The monoisotopic (exact) mass is 936 g/mol. The second kappa shape index (κ2) is 15.1. The first kappa shape index (κ1) is 35.8. The molecule has 0 aliphatic carbocycles. The molecule has 0 saturated heterocycles. The summed E-state index contributed by atoms with van der Waals surface area (Å²) in [6, 6.07) is 39.1. The first-order valence-electron chi connectivity index (χ1n) is 15.9. The van der Waals surface area contributed by atoms with Gasteiger partial charge in [-0.1, -0.05) is 46.4 Å². The Bertz CT molecular complexity index is 2360. The average molecular weight is 937 g/mol. The minimum absolute atomic E-state index is 0. The molecule has 0 N–H and O–H groups in total. The Morgan fingerprint density at radius 2 is 0.980 bits per heavy atom. The topological polar surface area (TPSA) is 75.0 Å². The standard InChI is InChI=1S/C42H29N5O2.Pd.Pt/c1-26-18-28(3)40(45-24-26)30-8-5-10-32(20-30)48-34-12-14-36-37-15-13-35(23-39(37)47(38(36)22-34)42-43-16-7-17-44-42)49-33-11-6-9-31(21-33)41-29(4)19-27(2)25-46-41;;/h5-19,24-25H,1-4H3;;/q-4;2*+2. The molecule has 0 aliphatic rings. The molecule has 4 aromatic carbocycles. The van der Waals surface area contributed by atoms with E-state index >= 15 is 0 Å². The van der Waals surface area contributed by atoms with Gasteiger partial charge in [-0.25, -0.2) is 9.97 Å². The van der Waals surface area contributed by atoms with Crippen molar-refractivity contribution in [1.82, 2.24) is 24.5 Å². The summed E-state index contributed by atoms with van der Waals surface area (Å²) in [6.45, 7) is 8.17. The maximum atomic E-state index is 6.33. The molecule has 0 spiro atoms. The van der Waals surface area contributed by atoms with Gasteiger partial charge in [-0.3, -0.25) is 0 Å². The first-order valence-corrected chi connectivity index (χ1v) is 15.9. The summed E-state index contributed by atoms with van der Waals surface area (Å²) in [5.41, 5.74) is 9.34. The van der Waals surface area contributed by atoms with Gasteiger partial charge in [-0.15, -0.1) is 71.8 Å². The van der Waals surface area contributed by atoms with E-state index in [4.69, 9.17) is 9.47 Å². The van der Waals surface area contributed by atoms with Gasteiger partial charge in [-0.05, 0) is 56.3 Å². The Balaban J connectivity index is 0.00000224. The third-order valence-electron chi connectivity index (χ3n) is 8.20. The van der Waals surface area contributed by atoms with Crippen molar-refractivity contribution in [2.45, 2.75) is 27.7 Å². The summed E-state index contributed by atoms with van der Waals surface area (Å²) < 4.78 is 14.6. The van der Waals surface area contributed by atoms with Crippen molar-refractivity contribution in [3.63, 3.8) is 0 Å². The number of fused-ring (bicyclic) bond motifs is 3. The van der Waals surface area contributed by atoms with E-state index in [2.05, 4.69) is 70.2 Å². The predicted molar refractivity (Wildman–Crippen MR) is 190 cm³/mol. The Morgan fingerprint density at radius 3 is 1.43 bits per heavy atom. The van der Waals surface area contributed by atoms with Gasteiger partial charge in [0.05, 0.1) is 0 Å². The number of rotatable bonds is 7. The molecule has 0 atom stereocenters. The smallest absolute Gasteiger partial charge is 0.503 e. The van der Waals surface area contributed by atoms with Crippen LogP contribution >= 0.6 is 0 Å². The Labute approximate surface area is 324 Å². The van der Waals surface area contributed by atoms with Crippen LogP contribution in [-0.4, -0.2) is 24.5 Å². The molecule has 4 aromatic heterocycles. The summed E-state index contributed by atoms with van der Waals surface area (Å²) in [5, 5.41) is 1.90. The molecular formula is C42H29N5O2PdPt. The molecule has 51 heavy (non-hydrogen) atoms. The fourth-order valence-corrected chi connectivity index (χ4v) is 6.07. The summed E-state index contributed by atoms with van der Waals surface area (Å²) in [6.07, 6.45) is 7.15.